The first kappa shape index (κ1) is 21.6. The normalized spacial score (nSPS) is 11.2. The molecular weight excluding hydrogens is 380 g/mol. The smallest absolute Gasteiger partial charge is 0.341 e. The van der Waals surface area contributed by atoms with Crippen molar-refractivity contribution in [2.24, 2.45) is 0 Å². The van der Waals surface area contributed by atoms with Gasteiger partial charge in [0.25, 0.3) is 0 Å². The molecule has 3 aromatic carbocycles. The van der Waals surface area contributed by atoms with Crippen molar-refractivity contribution in [3.8, 4) is 5.75 Å². The molecule has 0 aromatic heterocycles. The molecule has 0 unspecified atom stereocenters. The van der Waals surface area contributed by atoms with E-state index in [0.29, 0.717) is 25.6 Å². The summed E-state index contributed by atoms with van der Waals surface area (Å²) in [7, 11) is 1.67. The second kappa shape index (κ2) is 11.1. The van der Waals surface area contributed by atoms with Crippen molar-refractivity contribution >= 4 is 28.9 Å². The maximum Gasteiger partial charge on any atom is 0.341 e. The number of carboxylic acid groups (broad SMARTS) is 1. The van der Waals surface area contributed by atoms with Crippen molar-refractivity contribution in [1.82, 2.24) is 0 Å². The molecule has 30 heavy (non-hydrogen) atoms. The summed E-state index contributed by atoms with van der Waals surface area (Å²) in [6.45, 7) is 1.47. The molecule has 0 radical (unpaired) electrons. The average molecular weight is 406 g/mol. The molecular formula is C25H26O5. The van der Waals surface area contributed by atoms with Gasteiger partial charge in [0.1, 0.15) is 5.75 Å². The fourth-order valence-corrected chi connectivity index (χ4v) is 3.18. The SMILES string of the molecule is COCCOCCc1ccc2ccccc2c1/C=C/c1ccc(OCC(=O)O)cc1. The van der Waals surface area contributed by atoms with Crippen molar-refractivity contribution in [1.29, 1.82) is 0 Å². The quantitative estimate of drug-likeness (QED) is 0.370. The summed E-state index contributed by atoms with van der Waals surface area (Å²) < 4.78 is 15.9. The molecule has 3 aromatic rings. The van der Waals surface area contributed by atoms with Gasteiger partial charge in [0.15, 0.2) is 6.61 Å². The van der Waals surface area contributed by atoms with E-state index in [0.717, 1.165) is 12.0 Å². The van der Waals surface area contributed by atoms with E-state index in [1.165, 1.54) is 21.9 Å². The molecule has 0 spiro atoms. The summed E-state index contributed by atoms with van der Waals surface area (Å²) >= 11 is 0. The summed E-state index contributed by atoms with van der Waals surface area (Å²) in [4.78, 5) is 10.6. The topological polar surface area (TPSA) is 65.0 Å². The maximum absolute atomic E-state index is 10.6. The number of fused-ring (bicyclic) bond motifs is 1. The third-order valence-corrected chi connectivity index (χ3v) is 4.69. The van der Waals surface area contributed by atoms with Crippen LogP contribution in [0.5, 0.6) is 5.75 Å². The first-order chi connectivity index (χ1) is 14.7. The molecule has 0 saturated carbocycles. The van der Waals surface area contributed by atoms with Gasteiger partial charge in [-0.2, -0.15) is 0 Å². The maximum atomic E-state index is 10.6. The largest absolute Gasteiger partial charge is 0.482 e. The molecule has 1 N–H and O–H groups in total. The number of benzene rings is 3. The van der Waals surface area contributed by atoms with E-state index >= 15 is 0 Å². The molecule has 3 rings (SSSR count). The summed E-state index contributed by atoms with van der Waals surface area (Å²) in [5.74, 6) is -0.456. The number of hydrogen-bond acceptors (Lipinski definition) is 4. The van der Waals surface area contributed by atoms with Gasteiger partial charge in [0.2, 0.25) is 0 Å². The number of hydrogen-bond donors (Lipinski definition) is 1. The predicted molar refractivity (Wildman–Crippen MR) is 119 cm³/mol. The zero-order chi connectivity index (χ0) is 21.2. The Morgan fingerprint density at radius 1 is 0.933 bits per heavy atom. The van der Waals surface area contributed by atoms with Gasteiger partial charge in [-0.3, -0.25) is 0 Å². The highest BCUT2D eigenvalue weighted by atomic mass is 16.5. The Morgan fingerprint density at radius 3 is 2.50 bits per heavy atom. The van der Waals surface area contributed by atoms with E-state index in [1.54, 1.807) is 19.2 Å². The minimum atomic E-state index is -0.992. The van der Waals surface area contributed by atoms with Crippen LogP contribution in [0.3, 0.4) is 0 Å². The number of methoxy groups -OCH3 is 1. The summed E-state index contributed by atoms with van der Waals surface area (Å²) in [6.07, 6.45) is 4.99. The van der Waals surface area contributed by atoms with Crippen LogP contribution in [0.2, 0.25) is 0 Å². The minimum Gasteiger partial charge on any atom is -0.482 e. The van der Waals surface area contributed by atoms with Crippen LogP contribution in [-0.2, 0) is 20.7 Å². The lowest BCUT2D eigenvalue weighted by Crippen LogP contribution is -2.09. The fraction of sp³-hybridized carbons (Fsp3) is 0.240. The molecule has 5 nitrogen and oxygen atoms in total. The van der Waals surface area contributed by atoms with Crippen LogP contribution in [0.15, 0.2) is 60.7 Å². The Morgan fingerprint density at radius 2 is 1.73 bits per heavy atom. The standard InChI is InChI=1S/C25H26O5/c1-28-16-17-29-15-14-21-10-9-20-4-2-3-5-23(20)24(21)13-8-19-6-11-22(12-7-19)30-18-25(26)27/h2-13H,14-18H2,1H3,(H,26,27)/b13-8+. The molecule has 0 aliphatic heterocycles. The highest BCUT2D eigenvalue weighted by Gasteiger charge is 2.06. The zero-order valence-electron chi connectivity index (χ0n) is 17.0. The Bertz CT molecular complexity index is 992. The van der Waals surface area contributed by atoms with Gasteiger partial charge in [-0.15, -0.1) is 0 Å². The van der Waals surface area contributed by atoms with Crippen molar-refractivity contribution in [3.63, 3.8) is 0 Å². The van der Waals surface area contributed by atoms with E-state index in [1.807, 2.05) is 24.3 Å². The molecule has 0 bridgehead atoms. The van der Waals surface area contributed by atoms with Gasteiger partial charge in [0.05, 0.1) is 19.8 Å². The number of carbonyl (C=O) groups is 1. The van der Waals surface area contributed by atoms with E-state index in [9.17, 15) is 4.79 Å². The lowest BCUT2D eigenvalue weighted by molar-refractivity contribution is -0.139. The molecule has 0 aliphatic rings. The monoisotopic (exact) mass is 406 g/mol. The van der Waals surface area contributed by atoms with Crippen LogP contribution < -0.4 is 4.74 Å². The van der Waals surface area contributed by atoms with E-state index in [-0.39, 0.29) is 6.61 Å². The van der Waals surface area contributed by atoms with Crippen LogP contribution in [0.4, 0.5) is 0 Å². The molecule has 0 atom stereocenters. The second-order valence-corrected chi connectivity index (χ2v) is 6.80. The minimum absolute atomic E-state index is 0.346. The van der Waals surface area contributed by atoms with E-state index in [4.69, 9.17) is 19.3 Å². The number of carboxylic acids is 1. The Labute approximate surface area is 176 Å². The summed E-state index contributed by atoms with van der Waals surface area (Å²) in [6, 6.07) is 20.0. The lowest BCUT2D eigenvalue weighted by Gasteiger charge is -2.11. The van der Waals surface area contributed by atoms with E-state index in [2.05, 4.69) is 36.4 Å². The van der Waals surface area contributed by atoms with Gasteiger partial charge in [0, 0.05) is 7.11 Å². The number of aliphatic carboxylic acids is 1. The predicted octanol–water partition coefficient (Wildman–Crippen LogP) is 4.68. The third kappa shape index (κ3) is 6.17. The van der Waals surface area contributed by atoms with E-state index < -0.39 is 5.97 Å². The second-order valence-electron chi connectivity index (χ2n) is 6.80. The lowest BCUT2D eigenvalue weighted by atomic mass is 9.96. The highest BCUT2D eigenvalue weighted by Crippen LogP contribution is 2.25. The Balaban J connectivity index is 1.78. The molecule has 0 amide bonds. The van der Waals surface area contributed by atoms with Gasteiger partial charge < -0.3 is 19.3 Å². The first-order valence-corrected chi connectivity index (χ1v) is 9.87. The molecule has 0 heterocycles. The van der Waals surface area contributed by atoms with Gasteiger partial charge >= 0.3 is 5.97 Å². The van der Waals surface area contributed by atoms with Gasteiger partial charge in [-0.1, -0.05) is 60.7 Å². The Hall–Kier alpha value is -3.15. The summed E-state index contributed by atoms with van der Waals surface area (Å²) in [5, 5.41) is 11.1. The number of ether oxygens (including phenoxy) is 3. The van der Waals surface area contributed by atoms with Crippen LogP contribution in [0.1, 0.15) is 16.7 Å². The van der Waals surface area contributed by atoms with Gasteiger partial charge in [-0.25, -0.2) is 4.79 Å². The van der Waals surface area contributed by atoms with Crippen LogP contribution in [-0.4, -0.2) is 44.6 Å². The average Bonchev–Trinajstić information content (AvgIpc) is 2.77. The van der Waals surface area contributed by atoms with Crippen molar-refractivity contribution in [2.75, 3.05) is 33.5 Å². The fourth-order valence-electron chi connectivity index (χ4n) is 3.18. The zero-order valence-corrected chi connectivity index (χ0v) is 17.0. The van der Waals surface area contributed by atoms with Crippen molar-refractivity contribution in [2.45, 2.75) is 6.42 Å². The van der Waals surface area contributed by atoms with Gasteiger partial charge in [-0.05, 0) is 46.0 Å². The van der Waals surface area contributed by atoms with Crippen molar-refractivity contribution < 1.29 is 24.1 Å². The first-order valence-electron chi connectivity index (χ1n) is 9.87. The molecule has 5 heteroatoms. The molecule has 0 fully saturated rings. The Kier molecular flexibility index (Phi) is 8.01. The van der Waals surface area contributed by atoms with Crippen LogP contribution in [0.25, 0.3) is 22.9 Å². The number of rotatable bonds is 11. The highest BCUT2D eigenvalue weighted by molar-refractivity contribution is 5.94. The molecule has 0 aliphatic carbocycles. The summed E-state index contributed by atoms with van der Waals surface area (Å²) in [5.41, 5.74) is 3.41. The van der Waals surface area contributed by atoms with Crippen LogP contribution >= 0.6 is 0 Å². The molecule has 156 valence electrons. The van der Waals surface area contributed by atoms with Crippen molar-refractivity contribution in [3.05, 3.63) is 77.4 Å². The molecule has 0 saturated heterocycles. The third-order valence-electron chi connectivity index (χ3n) is 4.69. The van der Waals surface area contributed by atoms with Crippen LogP contribution in [0, 0.1) is 0 Å².